The minimum absolute atomic E-state index is 0.349. The van der Waals surface area contributed by atoms with Gasteiger partial charge in [0.05, 0.1) is 5.41 Å². The highest BCUT2D eigenvalue weighted by atomic mass is 28.3. The number of allylic oxidation sites excluding steroid dienone is 2. The zero-order valence-corrected chi connectivity index (χ0v) is 11.4. The zero-order chi connectivity index (χ0) is 11.8. The number of hydrogen-bond donors (Lipinski definition) is 0. The Morgan fingerprint density at radius 3 is 2.44 bits per heavy atom. The molecule has 2 bridgehead atoms. The van der Waals surface area contributed by atoms with E-state index in [9.17, 15) is 4.79 Å². The average molecular weight is 232 g/mol. The van der Waals surface area contributed by atoms with E-state index in [1.54, 1.807) is 0 Å². The molecule has 0 spiro atoms. The van der Waals surface area contributed by atoms with Crippen LogP contribution in [0.2, 0.25) is 19.6 Å². The molecule has 0 N–H and O–H groups in total. The van der Waals surface area contributed by atoms with Crippen molar-refractivity contribution < 1.29 is 4.79 Å². The number of rotatable bonds is 1. The molecule has 0 radical (unpaired) electrons. The molecule has 86 valence electrons. The van der Waals surface area contributed by atoms with Crippen LogP contribution in [-0.2, 0) is 4.79 Å². The zero-order valence-electron chi connectivity index (χ0n) is 10.4. The Hall–Kier alpha value is -0.813. The molecule has 0 saturated heterocycles. The summed E-state index contributed by atoms with van der Waals surface area (Å²) in [6.45, 7) is 6.69. The molecule has 16 heavy (non-hydrogen) atoms. The topological polar surface area (TPSA) is 17.1 Å². The van der Waals surface area contributed by atoms with Crippen molar-refractivity contribution in [2.45, 2.75) is 38.9 Å². The van der Waals surface area contributed by atoms with Crippen LogP contribution in [0.25, 0.3) is 0 Å². The lowest BCUT2D eigenvalue weighted by Gasteiger charge is -2.42. The molecule has 1 saturated carbocycles. The molecule has 0 heterocycles. The number of fused-ring (bicyclic) bond motifs is 2. The van der Waals surface area contributed by atoms with Crippen LogP contribution in [0.1, 0.15) is 19.3 Å². The van der Waals surface area contributed by atoms with Crippen molar-refractivity contribution >= 4 is 14.4 Å². The van der Waals surface area contributed by atoms with Gasteiger partial charge in [0.1, 0.15) is 14.4 Å². The molecule has 1 fully saturated rings. The molecule has 0 aromatic carbocycles. The van der Waals surface area contributed by atoms with E-state index < -0.39 is 8.07 Å². The molecule has 3 atom stereocenters. The molecule has 0 aromatic rings. The standard InChI is InChI=1S/C14H20OSi/c1-16(2,3)9-8-14(11-15)10-12-4-6-13(14)7-5-12/h4,6,11-13H,5,7,10H2,1-3H3/t12-,13+,14-/m0/s1. The quantitative estimate of drug-likeness (QED) is 0.294. The van der Waals surface area contributed by atoms with Gasteiger partial charge in [0.15, 0.2) is 0 Å². The fourth-order valence-corrected chi connectivity index (χ4v) is 3.28. The fraction of sp³-hybridized carbons (Fsp3) is 0.643. The second kappa shape index (κ2) is 3.89. The fourth-order valence-electron chi connectivity index (χ4n) is 2.67. The maximum atomic E-state index is 11.5. The first kappa shape index (κ1) is 11.7. The maximum Gasteiger partial charge on any atom is 0.138 e. The summed E-state index contributed by atoms with van der Waals surface area (Å²) in [4.78, 5) is 11.5. The van der Waals surface area contributed by atoms with Gasteiger partial charge in [-0.3, -0.25) is 0 Å². The van der Waals surface area contributed by atoms with Gasteiger partial charge >= 0.3 is 0 Å². The minimum atomic E-state index is -1.38. The van der Waals surface area contributed by atoms with Gasteiger partial charge in [-0.2, -0.15) is 0 Å². The summed E-state index contributed by atoms with van der Waals surface area (Å²) >= 11 is 0. The molecular weight excluding hydrogens is 212 g/mol. The van der Waals surface area contributed by atoms with Crippen molar-refractivity contribution in [3.8, 4) is 11.5 Å². The minimum Gasteiger partial charge on any atom is -0.302 e. The summed E-state index contributed by atoms with van der Waals surface area (Å²) in [5.41, 5.74) is 3.04. The van der Waals surface area contributed by atoms with Crippen molar-refractivity contribution in [2.24, 2.45) is 17.3 Å². The van der Waals surface area contributed by atoms with Crippen LogP contribution < -0.4 is 0 Å². The van der Waals surface area contributed by atoms with E-state index in [4.69, 9.17) is 0 Å². The summed E-state index contributed by atoms with van der Waals surface area (Å²) in [5, 5.41) is 0. The van der Waals surface area contributed by atoms with Crippen LogP contribution in [0.15, 0.2) is 12.2 Å². The molecule has 0 aromatic heterocycles. The largest absolute Gasteiger partial charge is 0.302 e. The normalized spacial score (nSPS) is 36.7. The van der Waals surface area contributed by atoms with Gasteiger partial charge in [0.25, 0.3) is 0 Å². The van der Waals surface area contributed by atoms with E-state index in [2.05, 4.69) is 43.3 Å². The highest BCUT2D eigenvalue weighted by molar-refractivity contribution is 6.83. The second-order valence-corrected chi connectivity index (χ2v) is 10.9. The summed E-state index contributed by atoms with van der Waals surface area (Å²) < 4.78 is 0. The lowest BCUT2D eigenvalue weighted by molar-refractivity contribution is -0.117. The van der Waals surface area contributed by atoms with Gasteiger partial charge in [-0.25, -0.2) is 0 Å². The van der Waals surface area contributed by atoms with E-state index >= 15 is 0 Å². The van der Waals surface area contributed by atoms with E-state index in [0.29, 0.717) is 11.8 Å². The number of hydrogen-bond acceptors (Lipinski definition) is 1. The molecule has 0 aliphatic heterocycles. The summed E-state index contributed by atoms with van der Waals surface area (Å²) in [6, 6.07) is 0. The number of carbonyl (C=O) groups excluding carboxylic acids is 1. The van der Waals surface area contributed by atoms with Crippen LogP contribution in [0.4, 0.5) is 0 Å². The van der Waals surface area contributed by atoms with E-state index in [0.717, 1.165) is 19.1 Å². The lowest BCUT2D eigenvalue weighted by atomic mass is 9.60. The summed E-state index contributed by atoms with van der Waals surface area (Å²) in [7, 11) is -1.38. The predicted molar refractivity (Wildman–Crippen MR) is 69.6 cm³/mol. The van der Waals surface area contributed by atoms with E-state index in [-0.39, 0.29) is 5.41 Å². The Morgan fingerprint density at radius 2 is 2.06 bits per heavy atom. The van der Waals surface area contributed by atoms with Crippen LogP contribution in [0.3, 0.4) is 0 Å². The smallest absolute Gasteiger partial charge is 0.138 e. The van der Waals surface area contributed by atoms with E-state index in [1.807, 2.05) is 0 Å². The Bertz CT molecular complexity index is 380. The third kappa shape index (κ3) is 2.15. The molecule has 3 rings (SSSR count). The third-order valence-electron chi connectivity index (χ3n) is 3.61. The van der Waals surface area contributed by atoms with Crippen molar-refractivity contribution in [2.75, 3.05) is 0 Å². The lowest BCUT2D eigenvalue weighted by Crippen LogP contribution is -2.39. The molecule has 3 aliphatic carbocycles. The molecule has 3 aliphatic rings. The Labute approximate surface area is 99.3 Å². The summed E-state index contributed by atoms with van der Waals surface area (Å²) in [6.07, 6.45) is 8.97. The van der Waals surface area contributed by atoms with Crippen LogP contribution >= 0.6 is 0 Å². The van der Waals surface area contributed by atoms with Gasteiger partial charge in [-0.15, -0.1) is 5.54 Å². The first-order valence-corrected chi connectivity index (χ1v) is 9.64. The number of carbonyl (C=O) groups is 1. The van der Waals surface area contributed by atoms with Crippen molar-refractivity contribution in [3.63, 3.8) is 0 Å². The Kier molecular flexibility index (Phi) is 2.84. The monoisotopic (exact) mass is 232 g/mol. The Balaban J connectivity index is 2.30. The van der Waals surface area contributed by atoms with Crippen LogP contribution in [-0.4, -0.2) is 14.4 Å². The first-order valence-electron chi connectivity index (χ1n) is 6.14. The molecule has 2 heteroatoms. The Morgan fingerprint density at radius 1 is 1.31 bits per heavy atom. The van der Waals surface area contributed by atoms with Crippen molar-refractivity contribution in [1.29, 1.82) is 0 Å². The maximum absolute atomic E-state index is 11.5. The van der Waals surface area contributed by atoms with Crippen LogP contribution in [0, 0.1) is 28.7 Å². The van der Waals surface area contributed by atoms with Gasteiger partial charge in [-0.05, 0) is 25.2 Å². The molecular formula is C14H20OSi. The highest BCUT2D eigenvalue weighted by Gasteiger charge is 2.44. The van der Waals surface area contributed by atoms with E-state index in [1.165, 1.54) is 6.42 Å². The predicted octanol–water partition coefficient (Wildman–Crippen LogP) is 3.04. The van der Waals surface area contributed by atoms with Crippen molar-refractivity contribution in [1.82, 2.24) is 0 Å². The van der Waals surface area contributed by atoms with Crippen LogP contribution in [0.5, 0.6) is 0 Å². The SMILES string of the molecule is C[Si](C)(C)C#C[C@@]1(C=O)C[C@H]2C=C[C@@H]1CC2. The molecule has 0 unspecified atom stereocenters. The third-order valence-corrected chi connectivity index (χ3v) is 4.48. The summed E-state index contributed by atoms with van der Waals surface area (Å²) in [5.74, 6) is 4.31. The van der Waals surface area contributed by atoms with Gasteiger partial charge in [-0.1, -0.05) is 37.7 Å². The van der Waals surface area contributed by atoms with Gasteiger partial charge in [0, 0.05) is 5.92 Å². The van der Waals surface area contributed by atoms with Crippen molar-refractivity contribution in [3.05, 3.63) is 12.2 Å². The average Bonchev–Trinajstić information content (AvgIpc) is 2.27. The first-order chi connectivity index (χ1) is 7.45. The van der Waals surface area contributed by atoms with Gasteiger partial charge < -0.3 is 4.79 Å². The molecule has 0 amide bonds. The second-order valence-electron chi connectivity index (χ2n) is 6.19. The highest BCUT2D eigenvalue weighted by Crippen LogP contribution is 2.47. The molecule has 1 nitrogen and oxygen atoms in total. The van der Waals surface area contributed by atoms with Gasteiger partial charge in [0.2, 0.25) is 0 Å². The number of aldehydes is 1.